The zero-order valence-corrected chi connectivity index (χ0v) is 9.41. The molecular weight excluding hydrogens is 241 g/mol. The maximum atomic E-state index is 12.9. The second kappa shape index (κ2) is 4.86. The van der Waals surface area contributed by atoms with E-state index in [0.717, 1.165) is 0 Å². The average Bonchev–Trinajstić information content (AvgIpc) is 2.32. The first-order chi connectivity index (χ1) is 8.19. The fraction of sp³-hybridized carbons (Fsp3) is 0. The van der Waals surface area contributed by atoms with Crippen LogP contribution in [0.2, 0.25) is 5.02 Å². The van der Waals surface area contributed by atoms with Gasteiger partial charge in [0, 0.05) is 6.07 Å². The number of hydrogen-bond donors (Lipinski definition) is 0. The van der Waals surface area contributed by atoms with E-state index in [4.69, 9.17) is 21.6 Å². The van der Waals surface area contributed by atoms with Crippen molar-refractivity contribution in [3.05, 3.63) is 58.9 Å². The standard InChI is InChI=1S/C13H7ClFNO/c14-12-6-9(8-16)4-5-13(12)17-11-3-1-2-10(15)7-11/h1-7H. The molecule has 0 aliphatic carbocycles. The quantitative estimate of drug-likeness (QED) is 0.799. The van der Waals surface area contributed by atoms with Gasteiger partial charge in [-0.1, -0.05) is 17.7 Å². The largest absolute Gasteiger partial charge is 0.456 e. The molecule has 2 nitrogen and oxygen atoms in total. The van der Waals surface area contributed by atoms with E-state index in [2.05, 4.69) is 0 Å². The first-order valence-electron chi connectivity index (χ1n) is 4.82. The summed E-state index contributed by atoms with van der Waals surface area (Å²) in [7, 11) is 0. The fourth-order valence-electron chi connectivity index (χ4n) is 1.31. The number of nitriles is 1. The molecule has 0 unspecified atom stereocenters. The molecule has 0 saturated carbocycles. The molecule has 0 spiro atoms. The predicted molar refractivity (Wildman–Crippen MR) is 62.6 cm³/mol. The van der Waals surface area contributed by atoms with Crippen LogP contribution in [0.1, 0.15) is 5.56 Å². The van der Waals surface area contributed by atoms with Crippen LogP contribution >= 0.6 is 11.6 Å². The maximum Gasteiger partial charge on any atom is 0.146 e. The van der Waals surface area contributed by atoms with E-state index in [1.807, 2.05) is 6.07 Å². The summed E-state index contributed by atoms with van der Waals surface area (Å²) < 4.78 is 18.3. The lowest BCUT2D eigenvalue weighted by Crippen LogP contribution is -1.87. The Bertz CT molecular complexity index is 592. The zero-order chi connectivity index (χ0) is 12.3. The van der Waals surface area contributed by atoms with Crippen LogP contribution in [0.4, 0.5) is 4.39 Å². The van der Waals surface area contributed by atoms with Crippen LogP contribution in [-0.2, 0) is 0 Å². The summed E-state index contributed by atoms with van der Waals surface area (Å²) in [4.78, 5) is 0. The minimum atomic E-state index is -0.382. The number of nitrogens with zero attached hydrogens (tertiary/aromatic N) is 1. The highest BCUT2D eigenvalue weighted by atomic mass is 35.5. The van der Waals surface area contributed by atoms with Gasteiger partial charge in [0.2, 0.25) is 0 Å². The number of benzene rings is 2. The molecule has 84 valence electrons. The van der Waals surface area contributed by atoms with E-state index in [9.17, 15) is 4.39 Å². The van der Waals surface area contributed by atoms with Crippen molar-refractivity contribution in [3.8, 4) is 17.6 Å². The van der Waals surface area contributed by atoms with E-state index >= 15 is 0 Å². The third-order valence-corrected chi connectivity index (χ3v) is 2.38. The van der Waals surface area contributed by atoms with Crippen LogP contribution in [-0.4, -0.2) is 0 Å². The summed E-state index contributed by atoms with van der Waals surface area (Å²) >= 11 is 5.93. The zero-order valence-electron chi connectivity index (χ0n) is 8.65. The monoisotopic (exact) mass is 247 g/mol. The lowest BCUT2D eigenvalue weighted by atomic mass is 10.2. The van der Waals surface area contributed by atoms with Crippen molar-refractivity contribution >= 4 is 11.6 Å². The summed E-state index contributed by atoms with van der Waals surface area (Å²) in [6, 6.07) is 12.4. The Kier molecular flexibility index (Phi) is 3.27. The average molecular weight is 248 g/mol. The van der Waals surface area contributed by atoms with Crippen LogP contribution in [0.3, 0.4) is 0 Å². The highest BCUT2D eigenvalue weighted by Crippen LogP contribution is 2.30. The molecule has 0 aliphatic heterocycles. The lowest BCUT2D eigenvalue weighted by molar-refractivity contribution is 0.477. The third-order valence-electron chi connectivity index (χ3n) is 2.08. The Morgan fingerprint density at radius 1 is 1.18 bits per heavy atom. The van der Waals surface area contributed by atoms with Crippen molar-refractivity contribution in [2.24, 2.45) is 0 Å². The summed E-state index contributed by atoms with van der Waals surface area (Å²) in [6.07, 6.45) is 0. The van der Waals surface area contributed by atoms with Gasteiger partial charge in [-0.25, -0.2) is 4.39 Å². The summed E-state index contributed by atoms with van der Waals surface area (Å²) in [6.45, 7) is 0. The minimum Gasteiger partial charge on any atom is -0.456 e. The van der Waals surface area contributed by atoms with E-state index < -0.39 is 0 Å². The van der Waals surface area contributed by atoms with Crippen LogP contribution < -0.4 is 4.74 Å². The molecule has 2 aromatic rings. The molecule has 0 atom stereocenters. The lowest BCUT2D eigenvalue weighted by Gasteiger charge is -2.07. The smallest absolute Gasteiger partial charge is 0.146 e. The van der Waals surface area contributed by atoms with Gasteiger partial charge in [-0.2, -0.15) is 5.26 Å². The highest BCUT2D eigenvalue weighted by Gasteiger charge is 2.05. The molecule has 0 heterocycles. The number of rotatable bonds is 2. The van der Waals surface area contributed by atoms with E-state index in [0.29, 0.717) is 22.1 Å². The van der Waals surface area contributed by atoms with E-state index in [-0.39, 0.29) is 5.82 Å². The van der Waals surface area contributed by atoms with Crippen molar-refractivity contribution < 1.29 is 9.13 Å². The number of hydrogen-bond acceptors (Lipinski definition) is 2. The highest BCUT2D eigenvalue weighted by molar-refractivity contribution is 6.32. The fourth-order valence-corrected chi connectivity index (χ4v) is 1.53. The van der Waals surface area contributed by atoms with Crippen molar-refractivity contribution in [1.29, 1.82) is 5.26 Å². The number of halogens is 2. The van der Waals surface area contributed by atoms with Crippen molar-refractivity contribution in [2.75, 3.05) is 0 Å². The second-order valence-corrected chi connectivity index (χ2v) is 3.72. The Balaban J connectivity index is 2.28. The molecule has 0 fully saturated rings. The molecule has 0 amide bonds. The maximum absolute atomic E-state index is 12.9. The summed E-state index contributed by atoms with van der Waals surface area (Å²) in [5.74, 6) is 0.361. The van der Waals surface area contributed by atoms with Gasteiger partial charge >= 0.3 is 0 Å². The van der Waals surface area contributed by atoms with Gasteiger partial charge in [0.1, 0.15) is 17.3 Å². The summed E-state index contributed by atoms with van der Waals surface area (Å²) in [5, 5.41) is 8.99. The predicted octanol–water partition coefficient (Wildman–Crippen LogP) is 4.14. The normalized spacial score (nSPS) is 9.71. The van der Waals surface area contributed by atoms with Gasteiger partial charge in [0.15, 0.2) is 0 Å². The molecule has 0 aromatic heterocycles. The Morgan fingerprint density at radius 2 is 2.00 bits per heavy atom. The van der Waals surface area contributed by atoms with Gasteiger partial charge in [0.25, 0.3) is 0 Å². The molecule has 0 bridgehead atoms. The minimum absolute atomic E-state index is 0.313. The second-order valence-electron chi connectivity index (χ2n) is 3.32. The topological polar surface area (TPSA) is 33.0 Å². The van der Waals surface area contributed by atoms with Crippen LogP contribution in [0.15, 0.2) is 42.5 Å². The molecule has 4 heteroatoms. The number of ether oxygens (including phenoxy) is 1. The Labute approximate surface area is 103 Å². The van der Waals surface area contributed by atoms with Crippen LogP contribution in [0.5, 0.6) is 11.5 Å². The Morgan fingerprint density at radius 3 is 2.65 bits per heavy atom. The van der Waals surface area contributed by atoms with Gasteiger partial charge in [-0.05, 0) is 30.3 Å². The molecule has 2 rings (SSSR count). The van der Waals surface area contributed by atoms with E-state index in [1.54, 1.807) is 24.3 Å². The van der Waals surface area contributed by atoms with Gasteiger partial charge in [-0.15, -0.1) is 0 Å². The SMILES string of the molecule is N#Cc1ccc(Oc2cccc(F)c2)c(Cl)c1. The van der Waals surface area contributed by atoms with Crippen LogP contribution in [0.25, 0.3) is 0 Å². The molecular formula is C13H7ClFNO. The van der Waals surface area contributed by atoms with Crippen LogP contribution in [0, 0.1) is 17.1 Å². The van der Waals surface area contributed by atoms with Crippen molar-refractivity contribution in [1.82, 2.24) is 0 Å². The van der Waals surface area contributed by atoms with Crippen molar-refractivity contribution in [3.63, 3.8) is 0 Å². The molecule has 17 heavy (non-hydrogen) atoms. The first kappa shape index (κ1) is 11.4. The van der Waals surface area contributed by atoms with Gasteiger partial charge < -0.3 is 4.74 Å². The molecule has 0 saturated heterocycles. The van der Waals surface area contributed by atoms with Crippen molar-refractivity contribution in [2.45, 2.75) is 0 Å². The third kappa shape index (κ3) is 2.74. The van der Waals surface area contributed by atoms with E-state index in [1.165, 1.54) is 18.2 Å². The Hall–Kier alpha value is -2.05. The molecule has 0 N–H and O–H groups in total. The molecule has 2 aromatic carbocycles. The first-order valence-corrected chi connectivity index (χ1v) is 5.20. The van der Waals surface area contributed by atoms with Gasteiger partial charge in [0.05, 0.1) is 16.7 Å². The summed E-state index contributed by atoms with van der Waals surface area (Å²) in [5.41, 5.74) is 0.446. The molecule has 0 radical (unpaired) electrons. The van der Waals surface area contributed by atoms with Gasteiger partial charge in [-0.3, -0.25) is 0 Å². The molecule has 0 aliphatic rings.